The van der Waals surface area contributed by atoms with E-state index in [9.17, 15) is 18.8 Å². The molecule has 3 rings (SSSR count). The molecule has 1 unspecified atom stereocenters. The van der Waals surface area contributed by atoms with E-state index in [1.165, 1.54) is 17.4 Å². The van der Waals surface area contributed by atoms with Gasteiger partial charge < -0.3 is 14.2 Å². The zero-order chi connectivity index (χ0) is 21.7. The van der Waals surface area contributed by atoms with Gasteiger partial charge in [-0.1, -0.05) is 25.3 Å². The van der Waals surface area contributed by atoms with Crippen molar-refractivity contribution in [1.82, 2.24) is 0 Å². The van der Waals surface area contributed by atoms with Crippen LogP contribution in [-0.4, -0.2) is 31.3 Å². The molecule has 0 bridgehead atoms. The van der Waals surface area contributed by atoms with Crippen LogP contribution in [0, 0.1) is 5.82 Å². The summed E-state index contributed by atoms with van der Waals surface area (Å²) in [6, 6.07) is 9.43. The van der Waals surface area contributed by atoms with Crippen LogP contribution < -0.4 is 10.2 Å². The zero-order valence-electron chi connectivity index (χ0n) is 15.8. The highest BCUT2D eigenvalue weighted by molar-refractivity contribution is 7.24. The van der Waals surface area contributed by atoms with Gasteiger partial charge in [0, 0.05) is 22.2 Å². The highest BCUT2D eigenvalue weighted by Gasteiger charge is 2.19. The molecule has 1 heterocycles. The van der Waals surface area contributed by atoms with Crippen molar-refractivity contribution in [3.8, 4) is 5.75 Å². The van der Waals surface area contributed by atoms with Gasteiger partial charge >= 0.3 is 11.9 Å². The highest BCUT2D eigenvalue weighted by atomic mass is 32.1. The average Bonchev–Trinajstić information content (AvgIpc) is 2.76. The van der Waals surface area contributed by atoms with E-state index in [1.807, 2.05) is 0 Å². The number of fused-ring (bicyclic) bond motifs is 2. The van der Waals surface area contributed by atoms with E-state index in [0.29, 0.717) is 14.8 Å². The lowest BCUT2D eigenvalue weighted by Crippen LogP contribution is -2.30. The number of carbonyl (C=O) groups is 2. The molecule has 0 aliphatic heterocycles. The van der Waals surface area contributed by atoms with Crippen LogP contribution in [0.4, 0.5) is 4.39 Å². The van der Waals surface area contributed by atoms with Crippen LogP contribution >= 0.6 is 11.3 Å². The minimum Gasteiger partial charge on any atom is -0.488 e. The maximum absolute atomic E-state index is 14.4. The van der Waals surface area contributed by atoms with Crippen molar-refractivity contribution in [2.75, 3.05) is 13.2 Å². The number of rotatable bonds is 8. The fourth-order valence-electron chi connectivity index (χ4n) is 2.70. The summed E-state index contributed by atoms with van der Waals surface area (Å²) < 4.78 is 31.2. The number of hydrogen-bond acceptors (Lipinski definition) is 7. The number of benzene rings is 2. The molecule has 1 aromatic heterocycles. The summed E-state index contributed by atoms with van der Waals surface area (Å²) >= 11 is 1.21. The Morgan fingerprint density at radius 1 is 1.07 bits per heavy atom. The zero-order valence-corrected chi connectivity index (χ0v) is 16.6. The van der Waals surface area contributed by atoms with Crippen LogP contribution in [0.5, 0.6) is 5.75 Å². The predicted octanol–water partition coefficient (Wildman–Crippen LogP) is 3.76. The Hall–Kier alpha value is -3.52. The first-order valence-corrected chi connectivity index (χ1v) is 9.65. The van der Waals surface area contributed by atoms with E-state index < -0.39 is 29.3 Å². The fourth-order valence-corrected chi connectivity index (χ4v) is 3.86. The minimum absolute atomic E-state index is 0.0751. The average molecular weight is 428 g/mol. The van der Waals surface area contributed by atoms with Gasteiger partial charge in [-0.2, -0.15) is 0 Å². The molecule has 0 aliphatic rings. The van der Waals surface area contributed by atoms with Crippen molar-refractivity contribution in [3.63, 3.8) is 0 Å². The smallest absolute Gasteiger partial charge is 0.330 e. The molecule has 8 heteroatoms. The summed E-state index contributed by atoms with van der Waals surface area (Å²) in [6.45, 7) is 6.14. The standard InChI is InChI=1S/C22H17FO6S/c1-3-18(24)28-12-13(29-19(25)4-2)11-27-16-10-9-15(23)20-21(26)14-7-5-6-8-17(14)30-22(16)20/h3-10,13H,1-2,11-12H2. The number of halogens is 1. The lowest BCUT2D eigenvalue weighted by molar-refractivity contribution is -0.154. The summed E-state index contributed by atoms with van der Waals surface area (Å²) in [5, 5.41) is 0.342. The molecule has 154 valence electrons. The van der Waals surface area contributed by atoms with E-state index in [-0.39, 0.29) is 24.3 Å². The SMILES string of the molecule is C=CC(=O)OCC(COc1ccc(F)c2c(=O)c3ccccc3sc12)OC(=O)C=C. The van der Waals surface area contributed by atoms with Crippen LogP contribution in [0.15, 0.2) is 66.5 Å². The highest BCUT2D eigenvalue weighted by Crippen LogP contribution is 2.33. The second-order valence-corrected chi connectivity index (χ2v) is 7.14. The third-order valence-corrected chi connectivity index (χ3v) is 5.28. The molecule has 0 saturated carbocycles. The Balaban J connectivity index is 1.93. The van der Waals surface area contributed by atoms with Crippen LogP contribution in [0.3, 0.4) is 0 Å². The molecule has 1 atom stereocenters. The third kappa shape index (κ3) is 4.55. The van der Waals surface area contributed by atoms with E-state index in [0.717, 1.165) is 18.2 Å². The van der Waals surface area contributed by atoms with Gasteiger partial charge in [-0.05, 0) is 24.3 Å². The van der Waals surface area contributed by atoms with Crippen molar-refractivity contribution in [2.24, 2.45) is 0 Å². The summed E-state index contributed by atoms with van der Waals surface area (Å²) in [6.07, 6.45) is 0.994. The molecular formula is C22H17FO6S. The van der Waals surface area contributed by atoms with Gasteiger partial charge in [0.1, 0.15) is 24.8 Å². The molecule has 0 N–H and O–H groups in total. The number of ether oxygens (including phenoxy) is 3. The quantitative estimate of drug-likeness (QED) is 0.309. The second-order valence-electron chi connectivity index (χ2n) is 6.09. The summed E-state index contributed by atoms with van der Waals surface area (Å²) in [7, 11) is 0. The van der Waals surface area contributed by atoms with Gasteiger partial charge in [-0.25, -0.2) is 14.0 Å². The second kappa shape index (κ2) is 9.32. The summed E-state index contributed by atoms with van der Waals surface area (Å²) in [5.41, 5.74) is -0.433. The van der Waals surface area contributed by atoms with Crippen molar-refractivity contribution in [3.05, 3.63) is 77.7 Å². The third-order valence-electron chi connectivity index (χ3n) is 4.09. The van der Waals surface area contributed by atoms with Crippen molar-refractivity contribution in [2.45, 2.75) is 6.10 Å². The van der Waals surface area contributed by atoms with Gasteiger partial charge in [0.25, 0.3) is 0 Å². The summed E-state index contributed by atoms with van der Waals surface area (Å²) in [5.74, 6) is -1.82. The Morgan fingerprint density at radius 3 is 2.53 bits per heavy atom. The van der Waals surface area contributed by atoms with Gasteiger partial charge in [-0.15, -0.1) is 11.3 Å². The van der Waals surface area contributed by atoms with Gasteiger partial charge in [0.2, 0.25) is 0 Å². The molecule has 2 aromatic carbocycles. The molecule has 0 aliphatic carbocycles. The first kappa shape index (κ1) is 21.2. The summed E-state index contributed by atoms with van der Waals surface area (Å²) in [4.78, 5) is 35.6. The normalized spacial score (nSPS) is 11.6. The largest absolute Gasteiger partial charge is 0.488 e. The molecule has 0 fully saturated rings. The molecule has 0 saturated heterocycles. The first-order valence-electron chi connectivity index (χ1n) is 8.83. The van der Waals surface area contributed by atoms with Crippen LogP contribution in [-0.2, 0) is 19.1 Å². The number of hydrogen-bond donors (Lipinski definition) is 0. The van der Waals surface area contributed by atoms with E-state index in [4.69, 9.17) is 14.2 Å². The van der Waals surface area contributed by atoms with E-state index >= 15 is 0 Å². The number of esters is 2. The number of carbonyl (C=O) groups excluding carboxylic acids is 2. The van der Waals surface area contributed by atoms with Gasteiger partial charge in [-0.3, -0.25) is 4.79 Å². The molecule has 0 radical (unpaired) electrons. The molecule has 0 spiro atoms. The van der Waals surface area contributed by atoms with Gasteiger partial charge in [0.15, 0.2) is 11.5 Å². The molecular weight excluding hydrogens is 411 g/mol. The lowest BCUT2D eigenvalue weighted by atomic mass is 10.1. The van der Waals surface area contributed by atoms with Crippen LogP contribution in [0.1, 0.15) is 0 Å². The Bertz CT molecular complexity index is 1200. The lowest BCUT2D eigenvalue weighted by Gasteiger charge is -2.18. The molecule has 0 amide bonds. The first-order chi connectivity index (χ1) is 14.4. The van der Waals surface area contributed by atoms with Crippen molar-refractivity contribution >= 4 is 43.4 Å². The van der Waals surface area contributed by atoms with Gasteiger partial charge in [0.05, 0.1) is 10.1 Å². The molecule has 30 heavy (non-hydrogen) atoms. The Morgan fingerprint density at radius 2 is 1.80 bits per heavy atom. The van der Waals surface area contributed by atoms with E-state index in [2.05, 4.69) is 13.2 Å². The van der Waals surface area contributed by atoms with Crippen molar-refractivity contribution < 1.29 is 28.2 Å². The molecule has 6 nitrogen and oxygen atoms in total. The van der Waals surface area contributed by atoms with Crippen LogP contribution in [0.2, 0.25) is 0 Å². The minimum atomic E-state index is -0.948. The maximum Gasteiger partial charge on any atom is 0.330 e. The monoisotopic (exact) mass is 428 g/mol. The van der Waals surface area contributed by atoms with Crippen LogP contribution in [0.25, 0.3) is 20.2 Å². The van der Waals surface area contributed by atoms with Crippen molar-refractivity contribution in [1.29, 1.82) is 0 Å². The Kier molecular flexibility index (Phi) is 6.58. The van der Waals surface area contributed by atoms with E-state index in [1.54, 1.807) is 24.3 Å². The maximum atomic E-state index is 14.4. The fraction of sp³-hybridized carbons (Fsp3) is 0.136. The topological polar surface area (TPSA) is 78.9 Å². The predicted molar refractivity (Wildman–Crippen MR) is 112 cm³/mol. The molecule has 3 aromatic rings. The Labute approximate surface area is 174 Å².